The summed E-state index contributed by atoms with van der Waals surface area (Å²) in [6.07, 6.45) is 3.24. The summed E-state index contributed by atoms with van der Waals surface area (Å²) in [7, 11) is 0. The van der Waals surface area contributed by atoms with Crippen molar-refractivity contribution in [3.8, 4) is 0 Å². The number of hydrogen-bond acceptors (Lipinski definition) is 2. The molecule has 2 aromatic rings. The summed E-state index contributed by atoms with van der Waals surface area (Å²) < 4.78 is 1.15. The Hall–Kier alpha value is -0.650. The first-order valence-corrected chi connectivity index (χ1v) is 6.64. The van der Waals surface area contributed by atoms with Crippen LogP contribution in [0, 0.1) is 3.57 Å². The van der Waals surface area contributed by atoms with E-state index in [4.69, 9.17) is 11.6 Å². The molecule has 0 aliphatic carbocycles. The fourth-order valence-electron chi connectivity index (χ4n) is 1.58. The summed E-state index contributed by atoms with van der Waals surface area (Å²) >= 11 is 8.24. The van der Waals surface area contributed by atoms with E-state index >= 15 is 0 Å². The van der Waals surface area contributed by atoms with E-state index in [0.29, 0.717) is 11.4 Å². The van der Waals surface area contributed by atoms with Gasteiger partial charge in [0.25, 0.3) is 0 Å². The molecule has 0 aliphatic rings. The minimum atomic E-state index is -0.535. The summed E-state index contributed by atoms with van der Waals surface area (Å²) in [5.41, 5.74) is 1.81. The van der Waals surface area contributed by atoms with Crippen molar-refractivity contribution in [2.45, 2.75) is 12.5 Å². The second kappa shape index (κ2) is 5.80. The standard InChI is InChI=1S/C13H11ClINO/c14-12-8-16-6-5-10(12)7-13(17)9-1-3-11(15)4-2-9/h1-6,8,13,17H,7H2. The van der Waals surface area contributed by atoms with Crippen LogP contribution >= 0.6 is 34.2 Å². The van der Waals surface area contributed by atoms with Crippen LogP contribution in [0.25, 0.3) is 0 Å². The topological polar surface area (TPSA) is 33.1 Å². The number of rotatable bonds is 3. The number of benzene rings is 1. The first-order valence-electron chi connectivity index (χ1n) is 5.19. The van der Waals surface area contributed by atoms with E-state index in [-0.39, 0.29) is 0 Å². The van der Waals surface area contributed by atoms with Crippen molar-refractivity contribution in [3.63, 3.8) is 0 Å². The third kappa shape index (κ3) is 3.40. The Bertz CT molecular complexity index is 501. The monoisotopic (exact) mass is 359 g/mol. The Labute approximate surface area is 119 Å². The summed E-state index contributed by atoms with van der Waals surface area (Å²) in [5.74, 6) is 0. The molecule has 1 atom stereocenters. The molecule has 0 fully saturated rings. The Morgan fingerprint density at radius 3 is 2.59 bits per heavy atom. The molecule has 1 aromatic carbocycles. The maximum atomic E-state index is 10.1. The highest BCUT2D eigenvalue weighted by molar-refractivity contribution is 14.1. The highest BCUT2D eigenvalue weighted by Gasteiger charge is 2.10. The maximum absolute atomic E-state index is 10.1. The molecule has 0 amide bonds. The predicted octanol–water partition coefficient (Wildman–Crippen LogP) is 3.62. The second-order valence-corrected chi connectivity index (χ2v) is 5.39. The van der Waals surface area contributed by atoms with E-state index in [1.54, 1.807) is 12.4 Å². The molecular weight excluding hydrogens is 349 g/mol. The van der Waals surface area contributed by atoms with Crippen LogP contribution in [-0.2, 0) is 6.42 Å². The normalized spacial score (nSPS) is 12.4. The minimum Gasteiger partial charge on any atom is -0.388 e. The van der Waals surface area contributed by atoms with Crippen LogP contribution in [0.15, 0.2) is 42.7 Å². The van der Waals surface area contributed by atoms with Gasteiger partial charge in [-0.05, 0) is 51.9 Å². The number of nitrogens with zero attached hydrogens (tertiary/aromatic N) is 1. The van der Waals surface area contributed by atoms with E-state index in [1.165, 1.54) is 0 Å². The molecule has 0 radical (unpaired) electrons. The molecule has 0 spiro atoms. The van der Waals surface area contributed by atoms with Crippen LogP contribution in [0.1, 0.15) is 17.2 Å². The minimum absolute atomic E-state index is 0.502. The Balaban J connectivity index is 2.14. The van der Waals surface area contributed by atoms with Gasteiger partial charge in [0, 0.05) is 22.4 Å². The highest BCUT2D eigenvalue weighted by atomic mass is 127. The van der Waals surface area contributed by atoms with Gasteiger partial charge >= 0.3 is 0 Å². The Morgan fingerprint density at radius 1 is 1.24 bits per heavy atom. The van der Waals surface area contributed by atoms with Gasteiger partial charge in [0.15, 0.2) is 0 Å². The molecule has 2 rings (SSSR count). The zero-order valence-electron chi connectivity index (χ0n) is 8.98. The van der Waals surface area contributed by atoms with Crippen molar-refractivity contribution >= 4 is 34.2 Å². The molecule has 1 aromatic heterocycles. The van der Waals surface area contributed by atoms with Gasteiger partial charge in [-0.2, -0.15) is 0 Å². The molecule has 1 unspecified atom stereocenters. The van der Waals surface area contributed by atoms with Gasteiger partial charge in [-0.15, -0.1) is 0 Å². The van der Waals surface area contributed by atoms with Crippen molar-refractivity contribution in [1.82, 2.24) is 4.98 Å². The van der Waals surface area contributed by atoms with Gasteiger partial charge in [-0.1, -0.05) is 23.7 Å². The lowest BCUT2D eigenvalue weighted by atomic mass is 10.0. The van der Waals surface area contributed by atoms with Crippen LogP contribution in [0.5, 0.6) is 0 Å². The molecule has 17 heavy (non-hydrogen) atoms. The number of halogens is 2. The van der Waals surface area contributed by atoms with Gasteiger partial charge in [0.2, 0.25) is 0 Å². The van der Waals surface area contributed by atoms with Crippen molar-refractivity contribution in [2.24, 2.45) is 0 Å². The molecular formula is C13H11ClINO. The first-order chi connectivity index (χ1) is 8.16. The van der Waals surface area contributed by atoms with Crippen LogP contribution in [-0.4, -0.2) is 10.1 Å². The third-order valence-corrected chi connectivity index (χ3v) is 3.58. The molecule has 1 N–H and O–H groups in total. The summed E-state index contributed by atoms with van der Waals surface area (Å²) in [4.78, 5) is 3.92. The summed E-state index contributed by atoms with van der Waals surface area (Å²) in [5, 5.41) is 10.7. The maximum Gasteiger partial charge on any atom is 0.0830 e. The molecule has 88 valence electrons. The van der Waals surface area contributed by atoms with Crippen LogP contribution < -0.4 is 0 Å². The lowest BCUT2D eigenvalue weighted by molar-refractivity contribution is 0.178. The average Bonchev–Trinajstić information content (AvgIpc) is 2.33. The molecule has 0 aliphatic heterocycles. The van der Waals surface area contributed by atoms with E-state index in [9.17, 15) is 5.11 Å². The molecule has 0 bridgehead atoms. The van der Waals surface area contributed by atoms with E-state index < -0.39 is 6.10 Å². The molecule has 0 saturated heterocycles. The fraction of sp³-hybridized carbons (Fsp3) is 0.154. The average molecular weight is 360 g/mol. The fourth-order valence-corrected chi connectivity index (χ4v) is 2.14. The predicted molar refractivity (Wildman–Crippen MR) is 77.1 cm³/mol. The van der Waals surface area contributed by atoms with Crippen LogP contribution in [0.4, 0.5) is 0 Å². The van der Waals surface area contributed by atoms with Gasteiger partial charge in [-0.25, -0.2) is 0 Å². The SMILES string of the molecule is OC(Cc1ccncc1Cl)c1ccc(I)cc1. The Kier molecular flexibility index (Phi) is 4.36. The van der Waals surface area contributed by atoms with Gasteiger partial charge in [0.05, 0.1) is 11.1 Å². The smallest absolute Gasteiger partial charge is 0.0830 e. The molecule has 1 heterocycles. The number of hydrogen-bond donors (Lipinski definition) is 1. The number of aliphatic hydroxyl groups is 1. The second-order valence-electron chi connectivity index (χ2n) is 3.74. The van der Waals surface area contributed by atoms with E-state index in [1.807, 2.05) is 30.3 Å². The highest BCUT2D eigenvalue weighted by Crippen LogP contribution is 2.23. The van der Waals surface area contributed by atoms with Gasteiger partial charge in [0.1, 0.15) is 0 Å². The van der Waals surface area contributed by atoms with E-state index in [0.717, 1.165) is 14.7 Å². The zero-order valence-corrected chi connectivity index (χ0v) is 11.9. The van der Waals surface area contributed by atoms with E-state index in [2.05, 4.69) is 27.6 Å². The Morgan fingerprint density at radius 2 is 1.94 bits per heavy atom. The molecule has 2 nitrogen and oxygen atoms in total. The summed E-state index contributed by atoms with van der Waals surface area (Å²) in [6.45, 7) is 0. The molecule has 4 heteroatoms. The first kappa shape index (κ1) is 12.8. The zero-order chi connectivity index (χ0) is 12.3. The number of aliphatic hydroxyl groups excluding tert-OH is 1. The van der Waals surface area contributed by atoms with Crippen LogP contribution in [0.2, 0.25) is 5.02 Å². The number of pyridine rings is 1. The van der Waals surface area contributed by atoms with Crippen molar-refractivity contribution < 1.29 is 5.11 Å². The lowest BCUT2D eigenvalue weighted by Crippen LogP contribution is -2.02. The molecule has 0 saturated carbocycles. The lowest BCUT2D eigenvalue weighted by Gasteiger charge is -2.12. The number of aromatic nitrogens is 1. The van der Waals surface area contributed by atoms with Crippen LogP contribution in [0.3, 0.4) is 0 Å². The summed E-state index contributed by atoms with van der Waals surface area (Å²) in [6, 6.07) is 9.65. The van der Waals surface area contributed by atoms with Gasteiger partial charge in [-0.3, -0.25) is 4.98 Å². The quantitative estimate of drug-likeness (QED) is 0.849. The third-order valence-electron chi connectivity index (χ3n) is 2.52. The van der Waals surface area contributed by atoms with Crippen molar-refractivity contribution in [1.29, 1.82) is 0 Å². The van der Waals surface area contributed by atoms with Gasteiger partial charge < -0.3 is 5.11 Å². The van der Waals surface area contributed by atoms with Crippen molar-refractivity contribution in [2.75, 3.05) is 0 Å². The van der Waals surface area contributed by atoms with Crippen molar-refractivity contribution in [3.05, 3.63) is 62.4 Å². The largest absolute Gasteiger partial charge is 0.388 e.